The topological polar surface area (TPSA) is 9.23 Å². The zero-order valence-corrected chi connectivity index (χ0v) is 6.61. The lowest BCUT2D eigenvalue weighted by Crippen LogP contribution is -2.28. The molecule has 1 atom stereocenters. The first kappa shape index (κ1) is 7.07. The van der Waals surface area contributed by atoms with Gasteiger partial charge in [-0.3, -0.25) is 0 Å². The van der Waals surface area contributed by atoms with Gasteiger partial charge in [-0.2, -0.15) is 0 Å². The monoisotopic (exact) mass is 128 g/mol. The molecule has 0 aromatic heterocycles. The van der Waals surface area contributed by atoms with Crippen LogP contribution < -0.4 is 0 Å². The Morgan fingerprint density at radius 3 is 2.44 bits per heavy atom. The Balaban J connectivity index is 2.41. The first-order chi connectivity index (χ1) is 4.10. The van der Waals surface area contributed by atoms with Gasteiger partial charge >= 0.3 is 0 Å². The van der Waals surface area contributed by atoms with E-state index in [-0.39, 0.29) is 0 Å². The molecule has 1 aliphatic rings. The van der Waals surface area contributed by atoms with Gasteiger partial charge in [-0.25, -0.2) is 0 Å². The molecule has 1 saturated heterocycles. The third-order valence-corrected chi connectivity index (χ3v) is 2.02. The smallest absolute Gasteiger partial charge is 0.0552 e. The van der Waals surface area contributed by atoms with Crippen molar-refractivity contribution in [1.82, 2.24) is 0 Å². The van der Waals surface area contributed by atoms with E-state index in [0.717, 1.165) is 6.61 Å². The highest BCUT2D eigenvalue weighted by Crippen LogP contribution is 2.31. The normalized spacial score (nSPS) is 34.3. The molecule has 0 unspecified atom stereocenters. The van der Waals surface area contributed by atoms with E-state index in [2.05, 4.69) is 20.8 Å². The molecular formula is C8H16O. The van der Waals surface area contributed by atoms with Gasteiger partial charge in [0.2, 0.25) is 0 Å². The summed E-state index contributed by atoms with van der Waals surface area (Å²) in [5.41, 5.74) is 0.525. The second-order valence-corrected chi connectivity index (χ2v) is 3.80. The Morgan fingerprint density at radius 2 is 2.11 bits per heavy atom. The maximum atomic E-state index is 5.41. The molecule has 9 heavy (non-hydrogen) atoms. The van der Waals surface area contributed by atoms with Crippen molar-refractivity contribution in [3.05, 3.63) is 0 Å². The van der Waals surface area contributed by atoms with Gasteiger partial charge in [-0.05, 0) is 25.2 Å². The summed E-state index contributed by atoms with van der Waals surface area (Å²) in [4.78, 5) is 0. The predicted octanol–water partition coefficient (Wildman–Crippen LogP) is 2.21. The average Bonchev–Trinajstić information content (AvgIpc) is 1.60. The highest BCUT2D eigenvalue weighted by atomic mass is 16.5. The number of hydrogen-bond acceptors (Lipinski definition) is 1. The summed E-state index contributed by atoms with van der Waals surface area (Å²) in [5, 5.41) is 0. The Kier molecular flexibility index (Phi) is 1.80. The van der Waals surface area contributed by atoms with E-state index >= 15 is 0 Å². The second kappa shape index (κ2) is 2.30. The lowest BCUT2D eigenvalue weighted by molar-refractivity contribution is -0.0252. The summed E-state index contributed by atoms with van der Waals surface area (Å²) in [6, 6.07) is 0. The van der Waals surface area contributed by atoms with Crippen molar-refractivity contribution in [2.45, 2.75) is 39.7 Å². The van der Waals surface area contributed by atoms with Crippen LogP contribution in [0.2, 0.25) is 0 Å². The van der Waals surface area contributed by atoms with Crippen molar-refractivity contribution in [3.63, 3.8) is 0 Å². The lowest BCUT2D eigenvalue weighted by Gasteiger charge is -2.33. The summed E-state index contributed by atoms with van der Waals surface area (Å²) >= 11 is 0. The quantitative estimate of drug-likeness (QED) is 0.486. The first-order valence-corrected chi connectivity index (χ1v) is 3.72. The van der Waals surface area contributed by atoms with E-state index < -0.39 is 0 Å². The van der Waals surface area contributed by atoms with E-state index in [0.29, 0.717) is 11.5 Å². The molecule has 54 valence electrons. The van der Waals surface area contributed by atoms with Crippen LogP contribution in [0.4, 0.5) is 0 Å². The molecule has 1 rings (SSSR count). The van der Waals surface area contributed by atoms with Crippen LogP contribution in [0.25, 0.3) is 0 Å². The van der Waals surface area contributed by atoms with Crippen LogP contribution in [0.3, 0.4) is 0 Å². The van der Waals surface area contributed by atoms with E-state index in [4.69, 9.17) is 4.74 Å². The summed E-state index contributed by atoms with van der Waals surface area (Å²) in [6.45, 7) is 7.73. The molecule has 1 fully saturated rings. The Labute approximate surface area is 57.4 Å². The third-order valence-electron chi connectivity index (χ3n) is 2.02. The van der Waals surface area contributed by atoms with E-state index in [9.17, 15) is 0 Å². The zero-order valence-electron chi connectivity index (χ0n) is 6.61. The highest BCUT2D eigenvalue weighted by Gasteiger charge is 2.25. The van der Waals surface area contributed by atoms with Crippen molar-refractivity contribution < 1.29 is 4.74 Å². The van der Waals surface area contributed by atoms with Crippen LogP contribution in [0.1, 0.15) is 33.6 Å². The largest absolute Gasteiger partial charge is 0.378 e. The molecule has 0 aromatic rings. The van der Waals surface area contributed by atoms with Gasteiger partial charge < -0.3 is 4.74 Å². The van der Waals surface area contributed by atoms with Crippen molar-refractivity contribution in [2.75, 3.05) is 6.61 Å². The molecule has 1 heteroatoms. The maximum Gasteiger partial charge on any atom is 0.0552 e. The minimum atomic E-state index is 0.480. The fourth-order valence-electron chi connectivity index (χ4n) is 1.48. The van der Waals surface area contributed by atoms with Gasteiger partial charge in [0.1, 0.15) is 0 Å². The van der Waals surface area contributed by atoms with E-state index in [1.165, 1.54) is 12.8 Å². The maximum absolute atomic E-state index is 5.41. The van der Waals surface area contributed by atoms with Crippen molar-refractivity contribution in [3.8, 4) is 0 Å². The molecule has 0 aromatic carbocycles. The lowest BCUT2D eigenvalue weighted by atomic mass is 9.82. The molecule has 0 radical (unpaired) electrons. The first-order valence-electron chi connectivity index (χ1n) is 3.72. The van der Waals surface area contributed by atoms with Crippen LogP contribution in [0.15, 0.2) is 0 Å². The van der Waals surface area contributed by atoms with Crippen molar-refractivity contribution in [1.29, 1.82) is 0 Å². The summed E-state index contributed by atoms with van der Waals surface area (Å²) in [7, 11) is 0. The molecule has 0 saturated carbocycles. The molecule has 0 amide bonds. The number of ether oxygens (including phenoxy) is 1. The van der Waals surface area contributed by atoms with Crippen LogP contribution in [-0.4, -0.2) is 12.7 Å². The van der Waals surface area contributed by atoms with Gasteiger partial charge in [0.05, 0.1) is 6.10 Å². The molecule has 0 N–H and O–H groups in total. The van der Waals surface area contributed by atoms with Gasteiger partial charge in [0.25, 0.3) is 0 Å². The Bertz CT molecular complexity index is 96.7. The highest BCUT2D eigenvalue weighted by molar-refractivity contribution is 4.75. The van der Waals surface area contributed by atoms with Gasteiger partial charge in [0.15, 0.2) is 0 Å². The van der Waals surface area contributed by atoms with Crippen LogP contribution in [0, 0.1) is 5.41 Å². The summed E-state index contributed by atoms with van der Waals surface area (Å²) in [5.74, 6) is 0. The third kappa shape index (κ3) is 1.98. The molecule has 1 heterocycles. The van der Waals surface area contributed by atoms with Crippen LogP contribution in [0.5, 0.6) is 0 Å². The van der Waals surface area contributed by atoms with Crippen LogP contribution >= 0.6 is 0 Å². The minimum absolute atomic E-state index is 0.480. The minimum Gasteiger partial charge on any atom is -0.378 e. The standard InChI is InChI=1S/C8H16O/c1-7-6-8(2,3)4-5-9-7/h7H,4-6H2,1-3H3/t7-/m0/s1. The predicted molar refractivity (Wildman–Crippen MR) is 38.4 cm³/mol. The van der Waals surface area contributed by atoms with E-state index in [1.807, 2.05) is 0 Å². The molecule has 1 nitrogen and oxygen atoms in total. The van der Waals surface area contributed by atoms with Gasteiger partial charge in [0, 0.05) is 6.61 Å². The van der Waals surface area contributed by atoms with Gasteiger partial charge in [-0.1, -0.05) is 13.8 Å². The summed E-state index contributed by atoms with van der Waals surface area (Å²) < 4.78 is 5.41. The molecule has 1 aliphatic heterocycles. The number of rotatable bonds is 0. The van der Waals surface area contributed by atoms with Gasteiger partial charge in [-0.15, -0.1) is 0 Å². The zero-order chi connectivity index (χ0) is 6.91. The average molecular weight is 128 g/mol. The van der Waals surface area contributed by atoms with Crippen molar-refractivity contribution in [2.24, 2.45) is 5.41 Å². The Hall–Kier alpha value is -0.0400. The SMILES string of the molecule is C[C@H]1CC(C)(C)CCO1. The fourth-order valence-corrected chi connectivity index (χ4v) is 1.48. The molecule has 0 aliphatic carbocycles. The molecular weight excluding hydrogens is 112 g/mol. The Morgan fingerprint density at radius 1 is 1.44 bits per heavy atom. The van der Waals surface area contributed by atoms with E-state index in [1.54, 1.807) is 0 Å². The molecule has 0 bridgehead atoms. The summed E-state index contributed by atoms with van der Waals surface area (Å²) in [6.07, 6.45) is 2.92. The second-order valence-electron chi connectivity index (χ2n) is 3.80. The van der Waals surface area contributed by atoms with Crippen molar-refractivity contribution >= 4 is 0 Å². The van der Waals surface area contributed by atoms with Crippen LogP contribution in [-0.2, 0) is 4.74 Å². The fraction of sp³-hybridized carbons (Fsp3) is 1.00. The number of hydrogen-bond donors (Lipinski definition) is 0. The molecule has 0 spiro atoms.